The highest BCUT2D eigenvalue weighted by Gasteiger charge is 2.44. The minimum Gasteiger partial charge on any atom is -0.483 e. The summed E-state index contributed by atoms with van der Waals surface area (Å²) in [7, 11) is 3.69. The number of allylic oxidation sites excluding steroid dienone is 1. The van der Waals surface area contributed by atoms with Crippen molar-refractivity contribution in [2.75, 3.05) is 40.3 Å². The molecule has 2 aromatic carbocycles. The number of carbonyl (C=O) groups excluding carboxylic acids is 3. The van der Waals surface area contributed by atoms with Crippen molar-refractivity contribution in [3.8, 4) is 17.2 Å². The minimum absolute atomic E-state index is 0. The Bertz CT molecular complexity index is 1940. The number of amides is 2. The molecule has 4 heterocycles. The molecule has 1 aromatic heterocycles. The van der Waals surface area contributed by atoms with Crippen molar-refractivity contribution in [1.29, 1.82) is 0 Å². The lowest BCUT2D eigenvalue weighted by molar-refractivity contribution is -0.136. The summed E-state index contributed by atoms with van der Waals surface area (Å²) in [5.41, 5.74) is -0.213. The Labute approximate surface area is 284 Å². The largest absolute Gasteiger partial charge is 0.483 e. The minimum atomic E-state index is -0.844. The van der Waals surface area contributed by atoms with Gasteiger partial charge in [-0.2, -0.15) is 0 Å². The molecule has 2 amide bonds. The number of hydrogen-bond acceptors (Lipinski definition) is 8. The van der Waals surface area contributed by atoms with Crippen LogP contribution < -0.4 is 20.9 Å². The molecular weight excluding hydrogens is 640 g/mol. The van der Waals surface area contributed by atoms with Gasteiger partial charge in [0.05, 0.1) is 24.3 Å². The average Bonchev–Trinajstić information content (AvgIpc) is 3.25. The van der Waals surface area contributed by atoms with Gasteiger partial charge in [-0.1, -0.05) is 6.08 Å². The molecule has 256 valence electrons. The first-order chi connectivity index (χ1) is 22.1. The van der Waals surface area contributed by atoms with Crippen LogP contribution in [0.3, 0.4) is 0 Å². The molecule has 3 aliphatic rings. The van der Waals surface area contributed by atoms with Crippen LogP contribution in [0.4, 0.5) is 4.79 Å². The molecule has 0 bridgehead atoms. The van der Waals surface area contributed by atoms with Gasteiger partial charge in [0.2, 0.25) is 5.91 Å². The Morgan fingerprint density at radius 3 is 2.29 bits per heavy atom. The van der Waals surface area contributed by atoms with Gasteiger partial charge < -0.3 is 19.3 Å². The van der Waals surface area contributed by atoms with Gasteiger partial charge >= 0.3 is 17.5 Å². The van der Waals surface area contributed by atoms with Crippen LogP contribution in [0.1, 0.15) is 56.6 Å². The molecule has 0 saturated carbocycles. The van der Waals surface area contributed by atoms with E-state index >= 15 is 0 Å². The first-order valence-corrected chi connectivity index (χ1v) is 15.6. The summed E-state index contributed by atoms with van der Waals surface area (Å²) in [6.45, 7) is 10.6. The second-order valence-corrected chi connectivity index (χ2v) is 13.7. The van der Waals surface area contributed by atoms with Crippen LogP contribution in [-0.2, 0) is 11.3 Å². The second kappa shape index (κ2) is 12.4. The van der Waals surface area contributed by atoms with Gasteiger partial charge in [-0.25, -0.2) is 28.3 Å². The number of halogens is 1. The summed E-state index contributed by atoms with van der Waals surface area (Å²) in [6.07, 6.45) is 1.37. The van der Waals surface area contributed by atoms with E-state index < -0.39 is 34.7 Å². The quantitative estimate of drug-likeness (QED) is 0.297. The average molecular weight is 681 g/mol. The Balaban J connectivity index is 0.00000451. The van der Waals surface area contributed by atoms with E-state index in [-0.39, 0.29) is 36.4 Å². The zero-order valence-electron chi connectivity index (χ0n) is 28.2. The molecular formula is C34H41ClN6O7. The third-order valence-corrected chi connectivity index (χ3v) is 9.09. The first-order valence-electron chi connectivity index (χ1n) is 15.6. The predicted octanol–water partition coefficient (Wildman–Crippen LogP) is 3.11. The van der Waals surface area contributed by atoms with Gasteiger partial charge in [-0.15, -0.1) is 12.4 Å². The van der Waals surface area contributed by atoms with E-state index in [0.29, 0.717) is 48.7 Å². The highest BCUT2D eigenvalue weighted by Crippen LogP contribution is 2.47. The van der Waals surface area contributed by atoms with E-state index in [4.69, 9.17) is 9.47 Å². The van der Waals surface area contributed by atoms with E-state index in [9.17, 15) is 24.0 Å². The van der Waals surface area contributed by atoms with E-state index in [1.807, 2.05) is 52.8 Å². The van der Waals surface area contributed by atoms with Crippen LogP contribution in [0, 0.1) is 0 Å². The number of hydrogen-bond donors (Lipinski definition) is 0. The fourth-order valence-electron chi connectivity index (χ4n) is 6.74. The number of ether oxygens (including phenoxy) is 2. The normalized spacial score (nSPS) is 18.8. The number of piperazine rings is 1. The fourth-order valence-corrected chi connectivity index (χ4v) is 6.74. The molecule has 6 rings (SSSR count). The van der Waals surface area contributed by atoms with Crippen LogP contribution in [-0.4, -0.2) is 97.8 Å². The smallest absolute Gasteiger partial charge is 0.415 e. The van der Waals surface area contributed by atoms with Crippen molar-refractivity contribution in [3.05, 3.63) is 86.2 Å². The van der Waals surface area contributed by atoms with Gasteiger partial charge in [0.25, 0.3) is 0 Å². The van der Waals surface area contributed by atoms with Gasteiger partial charge in [0, 0.05) is 36.8 Å². The van der Waals surface area contributed by atoms with E-state index in [1.165, 1.54) is 16.3 Å². The van der Waals surface area contributed by atoms with Crippen molar-refractivity contribution in [2.45, 2.75) is 58.3 Å². The molecule has 1 fully saturated rings. The summed E-state index contributed by atoms with van der Waals surface area (Å²) in [4.78, 5) is 70.6. The molecule has 0 spiro atoms. The highest BCUT2D eigenvalue weighted by molar-refractivity contribution is 5.94. The Morgan fingerprint density at radius 1 is 0.979 bits per heavy atom. The number of aromatic nitrogens is 3. The van der Waals surface area contributed by atoms with Crippen molar-refractivity contribution in [1.82, 2.24) is 28.6 Å². The number of Topliss-reactive ketones (excluding diaryl/α,β-unsaturated/α-hetero) is 1. The highest BCUT2D eigenvalue weighted by atomic mass is 35.5. The van der Waals surface area contributed by atoms with Gasteiger partial charge in [-0.05, 0) is 90.7 Å². The molecule has 1 saturated heterocycles. The summed E-state index contributed by atoms with van der Waals surface area (Å²) in [5.74, 6) is 0.581. The number of benzene rings is 2. The van der Waals surface area contributed by atoms with Crippen LogP contribution in [0.15, 0.2) is 63.7 Å². The summed E-state index contributed by atoms with van der Waals surface area (Å²) < 4.78 is 16.2. The lowest BCUT2D eigenvalue weighted by Crippen LogP contribution is -2.63. The molecule has 1 unspecified atom stereocenters. The molecule has 3 aliphatic heterocycles. The lowest BCUT2D eigenvalue weighted by atomic mass is 9.83. The number of fused-ring (bicyclic) bond motifs is 5. The van der Waals surface area contributed by atoms with E-state index in [0.717, 1.165) is 10.1 Å². The second-order valence-electron chi connectivity index (χ2n) is 13.7. The topological polar surface area (TPSA) is 128 Å². The Morgan fingerprint density at radius 2 is 1.67 bits per heavy atom. The number of likely N-dealkylation sites (N-methyl/N-ethyl adjacent to an activating group) is 1. The van der Waals surface area contributed by atoms with E-state index in [2.05, 4.69) is 0 Å². The van der Waals surface area contributed by atoms with Crippen molar-refractivity contribution < 1.29 is 23.9 Å². The summed E-state index contributed by atoms with van der Waals surface area (Å²) in [5, 5.41) is 0. The predicted molar refractivity (Wildman–Crippen MR) is 181 cm³/mol. The molecule has 1 atom stereocenters. The molecule has 13 nitrogen and oxygen atoms in total. The Kier molecular flexibility index (Phi) is 8.99. The maximum atomic E-state index is 14.0. The molecule has 0 aliphatic carbocycles. The maximum absolute atomic E-state index is 14.0. The van der Waals surface area contributed by atoms with Crippen molar-refractivity contribution in [2.24, 2.45) is 0 Å². The summed E-state index contributed by atoms with van der Waals surface area (Å²) >= 11 is 0. The summed E-state index contributed by atoms with van der Waals surface area (Å²) in [6, 6.07) is 10.8. The monoisotopic (exact) mass is 680 g/mol. The van der Waals surface area contributed by atoms with Gasteiger partial charge in [-0.3, -0.25) is 14.5 Å². The molecule has 3 aromatic rings. The van der Waals surface area contributed by atoms with Crippen LogP contribution in [0.25, 0.3) is 5.69 Å². The molecule has 0 radical (unpaired) electrons. The van der Waals surface area contributed by atoms with Crippen LogP contribution in [0.5, 0.6) is 11.5 Å². The zero-order chi connectivity index (χ0) is 34.0. The fraction of sp³-hybridized carbons (Fsp3) is 0.441. The zero-order valence-corrected chi connectivity index (χ0v) is 29.0. The van der Waals surface area contributed by atoms with Crippen LogP contribution in [0.2, 0.25) is 0 Å². The maximum Gasteiger partial charge on any atom is 0.415 e. The first kappa shape index (κ1) is 34.7. The van der Waals surface area contributed by atoms with Crippen molar-refractivity contribution >= 4 is 30.2 Å². The third-order valence-electron chi connectivity index (χ3n) is 9.09. The SMILES string of the molecule is CC(=O)c1ccc(-n2c(=O)n3n(c2=O)C2C(=CC3)C(C)(C)Oc3cc(OC(=O)N4CCN(C(=O)CN(C)C)CC4(C)C)ccc32)cc1.Cl. The molecule has 14 heteroatoms. The van der Waals surface area contributed by atoms with Crippen molar-refractivity contribution in [3.63, 3.8) is 0 Å². The van der Waals surface area contributed by atoms with Crippen LogP contribution >= 0.6 is 12.4 Å². The van der Waals surface area contributed by atoms with Gasteiger partial charge in [0.1, 0.15) is 23.1 Å². The number of carbonyl (C=O) groups is 3. The number of rotatable bonds is 5. The molecule has 0 N–H and O–H groups in total. The third kappa shape index (κ3) is 5.96. The molecule has 48 heavy (non-hydrogen) atoms. The lowest BCUT2D eigenvalue weighted by Gasteiger charge is -2.46. The van der Waals surface area contributed by atoms with E-state index in [1.54, 1.807) is 52.3 Å². The number of ketones is 1. The standard InChI is InChI=1S/C34H40N6O7.ClH/c1-21(41)22-8-10-23(11-9-22)39-30(43)38-15-14-26-29(40(38)31(39)44)25-13-12-24(18-27(25)47-34(26,4)5)46-32(45)37-17-16-36(20-33(37,2)3)28(42)19-35(6)7;/h8-14,18,29H,15-17,19-20H2,1-7H3;1H. The van der Waals surface area contributed by atoms with Gasteiger partial charge in [0.15, 0.2) is 5.78 Å². The Hall–Kier alpha value is -4.62. The number of nitrogens with zero attached hydrogens (tertiary/aromatic N) is 6.